The Morgan fingerprint density at radius 1 is 1.40 bits per heavy atom. The Hall–Kier alpha value is 0.137. The van der Waals surface area contributed by atoms with E-state index in [2.05, 4.69) is 13.8 Å². The fourth-order valence-electron chi connectivity index (χ4n) is 0.742. The molecular weight excluding hydrogens is 142 g/mol. The number of rotatable bonds is 6. The zero-order valence-electron chi connectivity index (χ0n) is 7.10. The first-order chi connectivity index (χ1) is 4.77. The van der Waals surface area contributed by atoms with Crippen molar-refractivity contribution in [3.8, 4) is 0 Å². The van der Waals surface area contributed by atoms with Gasteiger partial charge in [0, 0.05) is 6.10 Å². The SMILES string of the molecule is CC(C)O[SiH2]CCCCN. The number of unbranched alkanes of at least 4 members (excludes halogenated alkanes) is 1. The molecule has 0 bridgehead atoms. The monoisotopic (exact) mass is 161 g/mol. The second-order valence-electron chi connectivity index (χ2n) is 2.77. The fourth-order valence-corrected chi connectivity index (χ4v) is 1.94. The molecule has 0 aromatic carbocycles. The minimum absolute atomic E-state index is 0.212. The molecule has 0 aromatic heterocycles. The lowest BCUT2D eigenvalue weighted by Gasteiger charge is -2.05. The topological polar surface area (TPSA) is 35.2 Å². The van der Waals surface area contributed by atoms with Crippen LogP contribution in [0.1, 0.15) is 26.7 Å². The summed E-state index contributed by atoms with van der Waals surface area (Å²) in [5.74, 6) is 0. The Kier molecular flexibility index (Phi) is 7.35. The van der Waals surface area contributed by atoms with E-state index >= 15 is 0 Å². The predicted octanol–water partition coefficient (Wildman–Crippen LogP) is 0.652. The zero-order valence-corrected chi connectivity index (χ0v) is 8.51. The molecule has 0 radical (unpaired) electrons. The Bertz CT molecular complexity index is 68.6. The van der Waals surface area contributed by atoms with Gasteiger partial charge in [-0.3, -0.25) is 0 Å². The molecule has 0 rings (SSSR count). The van der Waals surface area contributed by atoms with E-state index in [-0.39, 0.29) is 9.76 Å². The van der Waals surface area contributed by atoms with Gasteiger partial charge in [-0.25, -0.2) is 0 Å². The van der Waals surface area contributed by atoms with Crippen LogP contribution in [-0.2, 0) is 4.43 Å². The van der Waals surface area contributed by atoms with Crippen LogP contribution in [0.25, 0.3) is 0 Å². The average molecular weight is 161 g/mol. The molecule has 0 aliphatic carbocycles. The molecule has 0 saturated heterocycles. The Morgan fingerprint density at radius 2 is 2.10 bits per heavy atom. The van der Waals surface area contributed by atoms with Crippen molar-refractivity contribution >= 4 is 9.76 Å². The molecule has 62 valence electrons. The molecule has 0 aromatic rings. The maximum atomic E-state index is 5.49. The van der Waals surface area contributed by atoms with Gasteiger partial charge in [-0.05, 0) is 32.9 Å². The summed E-state index contributed by atoms with van der Waals surface area (Å²) in [6.07, 6.45) is 2.86. The van der Waals surface area contributed by atoms with Crippen molar-refractivity contribution in [2.24, 2.45) is 5.73 Å². The molecule has 0 aliphatic heterocycles. The average Bonchev–Trinajstić information content (AvgIpc) is 1.87. The third-order valence-electron chi connectivity index (χ3n) is 1.30. The molecule has 0 fully saturated rings. The maximum absolute atomic E-state index is 5.49. The second-order valence-corrected chi connectivity index (χ2v) is 4.22. The Balaban J connectivity index is 2.77. The molecule has 2 nitrogen and oxygen atoms in total. The smallest absolute Gasteiger partial charge is 0.161 e. The second kappa shape index (κ2) is 7.25. The van der Waals surface area contributed by atoms with E-state index in [1.807, 2.05) is 0 Å². The van der Waals surface area contributed by atoms with E-state index in [0.29, 0.717) is 6.10 Å². The molecule has 10 heavy (non-hydrogen) atoms. The maximum Gasteiger partial charge on any atom is 0.161 e. The van der Waals surface area contributed by atoms with Crippen LogP contribution in [0, 0.1) is 0 Å². The standard InChI is InChI=1S/C7H19NOSi/c1-7(2)9-10-6-4-3-5-8/h7H,3-6,8,10H2,1-2H3. The number of hydrogen-bond acceptors (Lipinski definition) is 2. The summed E-state index contributed by atoms with van der Waals surface area (Å²) >= 11 is 0. The van der Waals surface area contributed by atoms with E-state index in [1.165, 1.54) is 12.5 Å². The van der Waals surface area contributed by atoms with Gasteiger partial charge in [-0.1, -0.05) is 6.42 Å². The first-order valence-electron chi connectivity index (χ1n) is 4.09. The highest BCUT2D eigenvalue weighted by Gasteiger charge is 1.92. The quantitative estimate of drug-likeness (QED) is 0.458. The molecule has 2 N–H and O–H groups in total. The van der Waals surface area contributed by atoms with Gasteiger partial charge in [0.1, 0.15) is 0 Å². The van der Waals surface area contributed by atoms with E-state index in [1.54, 1.807) is 0 Å². The van der Waals surface area contributed by atoms with Crippen molar-refractivity contribution in [2.75, 3.05) is 6.54 Å². The van der Waals surface area contributed by atoms with Crippen LogP contribution in [0.15, 0.2) is 0 Å². The van der Waals surface area contributed by atoms with Crippen molar-refractivity contribution in [1.82, 2.24) is 0 Å². The molecule has 0 spiro atoms. The predicted molar refractivity (Wildman–Crippen MR) is 47.9 cm³/mol. The normalized spacial score (nSPS) is 12.0. The Morgan fingerprint density at radius 3 is 2.60 bits per heavy atom. The molecule has 0 unspecified atom stereocenters. The van der Waals surface area contributed by atoms with Gasteiger partial charge < -0.3 is 10.2 Å². The largest absolute Gasteiger partial charge is 0.422 e. The third kappa shape index (κ3) is 8.14. The van der Waals surface area contributed by atoms with Crippen molar-refractivity contribution in [3.63, 3.8) is 0 Å². The molecular formula is C7H19NOSi. The van der Waals surface area contributed by atoms with Gasteiger partial charge in [-0.15, -0.1) is 0 Å². The van der Waals surface area contributed by atoms with Crippen LogP contribution in [0.5, 0.6) is 0 Å². The van der Waals surface area contributed by atoms with Crippen LogP contribution >= 0.6 is 0 Å². The highest BCUT2D eigenvalue weighted by atomic mass is 28.2. The minimum Gasteiger partial charge on any atom is -0.422 e. The van der Waals surface area contributed by atoms with E-state index in [0.717, 1.165) is 13.0 Å². The lowest BCUT2D eigenvalue weighted by Crippen LogP contribution is -2.07. The van der Waals surface area contributed by atoms with Gasteiger partial charge in [-0.2, -0.15) is 0 Å². The van der Waals surface area contributed by atoms with Crippen molar-refractivity contribution in [2.45, 2.75) is 38.8 Å². The minimum atomic E-state index is -0.212. The van der Waals surface area contributed by atoms with Crippen LogP contribution < -0.4 is 5.73 Å². The summed E-state index contributed by atoms with van der Waals surface area (Å²) in [6, 6.07) is 1.29. The molecule has 0 aliphatic rings. The lowest BCUT2D eigenvalue weighted by molar-refractivity contribution is 0.255. The lowest BCUT2D eigenvalue weighted by atomic mass is 10.3. The van der Waals surface area contributed by atoms with Crippen LogP contribution in [0.4, 0.5) is 0 Å². The molecule has 0 heterocycles. The third-order valence-corrected chi connectivity index (χ3v) is 2.99. The van der Waals surface area contributed by atoms with E-state index in [4.69, 9.17) is 10.2 Å². The zero-order chi connectivity index (χ0) is 7.82. The van der Waals surface area contributed by atoms with Crippen LogP contribution in [0.2, 0.25) is 6.04 Å². The van der Waals surface area contributed by atoms with E-state index < -0.39 is 0 Å². The van der Waals surface area contributed by atoms with Crippen molar-refractivity contribution in [3.05, 3.63) is 0 Å². The molecule has 0 amide bonds. The highest BCUT2D eigenvalue weighted by Crippen LogP contribution is 1.95. The van der Waals surface area contributed by atoms with Gasteiger partial charge >= 0.3 is 0 Å². The number of nitrogens with two attached hydrogens (primary N) is 1. The van der Waals surface area contributed by atoms with Gasteiger partial charge in [0.05, 0.1) is 0 Å². The molecule has 0 atom stereocenters. The first kappa shape index (κ1) is 10.1. The van der Waals surface area contributed by atoms with Gasteiger partial charge in [0.15, 0.2) is 9.76 Å². The van der Waals surface area contributed by atoms with Crippen molar-refractivity contribution in [1.29, 1.82) is 0 Å². The summed E-state index contributed by atoms with van der Waals surface area (Å²) < 4.78 is 5.49. The fraction of sp³-hybridized carbons (Fsp3) is 1.00. The van der Waals surface area contributed by atoms with Crippen LogP contribution in [0.3, 0.4) is 0 Å². The van der Waals surface area contributed by atoms with E-state index in [9.17, 15) is 0 Å². The van der Waals surface area contributed by atoms with Crippen molar-refractivity contribution < 1.29 is 4.43 Å². The first-order valence-corrected chi connectivity index (χ1v) is 5.66. The number of hydrogen-bond donors (Lipinski definition) is 1. The summed E-state index contributed by atoms with van der Waals surface area (Å²) in [5, 5.41) is 0. The summed E-state index contributed by atoms with van der Waals surface area (Å²) in [7, 11) is -0.212. The molecule has 3 heteroatoms. The highest BCUT2D eigenvalue weighted by molar-refractivity contribution is 6.27. The summed E-state index contributed by atoms with van der Waals surface area (Å²) in [6.45, 7) is 5.02. The molecule has 0 saturated carbocycles. The van der Waals surface area contributed by atoms with Crippen LogP contribution in [-0.4, -0.2) is 22.4 Å². The summed E-state index contributed by atoms with van der Waals surface area (Å²) in [5.41, 5.74) is 5.35. The Labute approximate surface area is 66.1 Å². The van der Waals surface area contributed by atoms with Gasteiger partial charge in [0.25, 0.3) is 0 Å². The van der Waals surface area contributed by atoms with Gasteiger partial charge in [0.2, 0.25) is 0 Å². The summed E-state index contributed by atoms with van der Waals surface area (Å²) in [4.78, 5) is 0.